The second-order valence-corrected chi connectivity index (χ2v) is 10.7. The number of ketones is 1. The Morgan fingerprint density at radius 3 is 2.26 bits per heavy atom. The van der Waals surface area contributed by atoms with Crippen LogP contribution in [0.3, 0.4) is 0 Å². The SMILES string of the molecule is COC1=C(C)C2=C(C(=O)C1(C)C)[C@@H](C(C)C)CC1(CC[C@@]3(C(C)C)C[C@@H]13)O2. The number of fused-ring (bicyclic) bond motifs is 2. The van der Waals surface area contributed by atoms with Crippen LogP contribution >= 0.6 is 0 Å². The number of carbonyl (C=O) groups is 1. The smallest absolute Gasteiger partial charge is 0.175 e. The van der Waals surface area contributed by atoms with Crippen LogP contribution in [-0.2, 0) is 14.3 Å². The maximum atomic E-state index is 13.5. The number of ether oxygens (including phenoxy) is 2. The number of rotatable bonds is 3. The van der Waals surface area contributed by atoms with Gasteiger partial charge < -0.3 is 9.47 Å². The number of Topliss-reactive ketones (excluding diaryl/α,β-unsaturated/α-hetero) is 1. The van der Waals surface area contributed by atoms with Gasteiger partial charge in [0.1, 0.15) is 17.1 Å². The minimum atomic E-state index is -0.615. The molecule has 4 atom stereocenters. The van der Waals surface area contributed by atoms with Gasteiger partial charge in [0.05, 0.1) is 12.5 Å². The van der Waals surface area contributed by atoms with E-state index in [0.717, 1.165) is 35.5 Å². The molecule has 2 fully saturated rings. The molecular formula is C24H36O3. The predicted molar refractivity (Wildman–Crippen MR) is 107 cm³/mol. The minimum absolute atomic E-state index is 0.0834. The summed E-state index contributed by atoms with van der Waals surface area (Å²) in [7, 11) is 1.68. The molecule has 150 valence electrons. The van der Waals surface area contributed by atoms with Crippen molar-refractivity contribution in [1.82, 2.24) is 0 Å². The van der Waals surface area contributed by atoms with Crippen LogP contribution in [-0.4, -0.2) is 18.5 Å². The Labute approximate surface area is 164 Å². The van der Waals surface area contributed by atoms with E-state index in [-0.39, 0.29) is 17.3 Å². The van der Waals surface area contributed by atoms with Crippen LogP contribution in [0, 0.1) is 34.5 Å². The third kappa shape index (κ3) is 2.29. The zero-order valence-electron chi connectivity index (χ0n) is 18.4. The van der Waals surface area contributed by atoms with E-state index in [1.807, 2.05) is 13.8 Å². The third-order valence-electron chi connectivity index (χ3n) is 8.47. The van der Waals surface area contributed by atoms with Crippen molar-refractivity contribution in [3.8, 4) is 0 Å². The summed E-state index contributed by atoms with van der Waals surface area (Å²) in [6, 6.07) is 0. The van der Waals surface area contributed by atoms with Crippen molar-refractivity contribution in [2.75, 3.05) is 7.11 Å². The quantitative estimate of drug-likeness (QED) is 0.641. The number of carbonyl (C=O) groups excluding carboxylic acids is 1. The van der Waals surface area contributed by atoms with Gasteiger partial charge in [-0.3, -0.25) is 4.79 Å². The standard InChI is InChI=1S/C24H36O3/c1-13(2)16-11-24(10-9-23(14(3)4)12-17(23)24)27-19-15(5)21(26-8)22(6,7)20(25)18(16)19/h13-14,16-17H,9-12H2,1-8H3/t16-,17-,23+,24?/m1/s1. The van der Waals surface area contributed by atoms with Gasteiger partial charge in [0.25, 0.3) is 0 Å². The van der Waals surface area contributed by atoms with Crippen LogP contribution in [0.15, 0.2) is 22.7 Å². The molecule has 4 aliphatic rings. The Hall–Kier alpha value is -1.25. The molecule has 0 saturated heterocycles. The van der Waals surface area contributed by atoms with Crippen molar-refractivity contribution in [3.05, 3.63) is 22.7 Å². The summed E-state index contributed by atoms with van der Waals surface area (Å²) in [6.07, 6.45) is 4.68. The number of allylic oxidation sites excluding steroid dienone is 3. The first-order valence-electron chi connectivity index (χ1n) is 10.8. The summed E-state index contributed by atoms with van der Waals surface area (Å²) in [4.78, 5) is 13.5. The first kappa shape index (κ1) is 19.1. The first-order valence-corrected chi connectivity index (χ1v) is 10.8. The molecule has 3 heteroatoms. The van der Waals surface area contributed by atoms with Crippen LogP contribution < -0.4 is 0 Å². The fourth-order valence-electron chi connectivity index (χ4n) is 6.70. The summed E-state index contributed by atoms with van der Waals surface area (Å²) in [5, 5.41) is 0. The maximum absolute atomic E-state index is 13.5. The average molecular weight is 373 g/mol. The first-order chi connectivity index (χ1) is 12.5. The van der Waals surface area contributed by atoms with Gasteiger partial charge in [0.15, 0.2) is 5.78 Å². The van der Waals surface area contributed by atoms with E-state index in [9.17, 15) is 4.79 Å². The lowest BCUT2D eigenvalue weighted by atomic mass is 9.65. The Morgan fingerprint density at radius 2 is 1.78 bits per heavy atom. The lowest BCUT2D eigenvalue weighted by molar-refractivity contribution is -0.127. The molecule has 0 aromatic heterocycles. The fourth-order valence-corrected chi connectivity index (χ4v) is 6.70. The summed E-state index contributed by atoms with van der Waals surface area (Å²) >= 11 is 0. The van der Waals surface area contributed by atoms with Crippen molar-refractivity contribution in [2.24, 2.45) is 34.5 Å². The van der Waals surface area contributed by atoms with E-state index in [2.05, 4.69) is 34.6 Å². The molecule has 0 aromatic carbocycles. The number of hydrogen-bond acceptors (Lipinski definition) is 3. The van der Waals surface area contributed by atoms with Crippen molar-refractivity contribution < 1.29 is 14.3 Å². The van der Waals surface area contributed by atoms with E-state index >= 15 is 0 Å². The van der Waals surface area contributed by atoms with E-state index in [1.165, 1.54) is 12.8 Å². The minimum Gasteiger partial charge on any atom is -0.500 e. The molecule has 1 spiro atoms. The van der Waals surface area contributed by atoms with E-state index in [0.29, 0.717) is 23.2 Å². The molecule has 4 rings (SSSR count). The van der Waals surface area contributed by atoms with E-state index in [1.54, 1.807) is 7.11 Å². The lowest BCUT2D eigenvalue weighted by Gasteiger charge is -2.47. The van der Waals surface area contributed by atoms with Crippen LogP contribution in [0.4, 0.5) is 0 Å². The van der Waals surface area contributed by atoms with Gasteiger partial charge in [-0.05, 0) is 69.6 Å². The Kier molecular flexibility index (Phi) is 3.99. The molecular weight excluding hydrogens is 336 g/mol. The van der Waals surface area contributed by atoms with Crippen LogP contribution in [0.1, 0.15) is 74.1 Å². The zero-order chi connectivity index (χ0) is 19.9. The lowest BCUT2D eigenvalue weighted by Crippen LogP contribution is -2.47. The average Bonchev–Trinajstić information content (AvgIpc) is 3.28. The summed E-state index contributed by atoms with van der Waals surface area (Å²) in [6.45, 7) is 15.3. The summed E-state index contributed by atoms with van der Waals surface area (Å²) < 4.78 is 12.6. The van der Waals surface area contributed by atoms with Crippen LogP contribution in [0.25, 0.3) is 0 Å². The second kappa shape index (κ2) is 5.64. The van der Waals surface area contributed by atoms with Crippen LogP contribution in [0.2, 0.25) is 0 Å². The number of methoxy groups -OCH3 is 1. The largest absolute Gasteiger partial charge is 0.500 e. The highest BCUT2D eigenvalue weighted by atomic mass is 16.5. The molecule has 1 heterocycles. The predicted octanol–water partition coefficient (Wildman–Crippen LogP) is 5.66. The Morgan fingerprint density at radius 1 is 1.11 bits per heavy atom. The molecule has 0 radical (unpaired) electrons. The van der Waals surface area contributed by atoms with E-state index < -0.39 is 5.41 Å². The van der Waals surface area contributed by atoms with Gasteiger partial charge in [-0.2, -0.15) is 0 Å². The molecule has 1 unspecified atom stereocenters. The van der Waals surface area contributed by atoms with Gasteiger partial charge >= 0.3 is 0 Å². The highest BCUT2D eigenvalue weighted by Gasteiger charge is 2.72. The molecule has 0 aromatic rings. The van der Waals surface area contributed by atoms with Crippen molar-refractivity contribution in [3.63, 3.8) is 0 Å². The van der Waals surface area contributed by atoms with Gasteiger partial charge in [0.2, 0.25) is 0 Å². The van der Waals surface area contributed by atoms with Gasteiger partial charge in [-0.15, -0.1) is 0 Å². The molecule has 27 heavy (non-hydrogen) atoms. The third-order valence-corrected chi connectivity index (χ3v) is 8.47. The molecule has 0 N–H and O–H groups in total. The molecule has 3 nitrogen and oxygen atoms in total. The Balaban J connectivity index is 1.83. The highest BCUT2D eigenvalue weighted by molar-refractivity contribution is 6.04. The summed E-state index contributed by atoms with van der Waals surface area (Å²) in [5.74, 6) is 3.87. The van der Waals surface area contributed by atoms with E-state index in [4.69, 9.17) is 9.47 Å². The summed E-state index contributed by atoms with van der Waals surface area (Å²) in [5.41, 5.74) is 1.74. The molecule has 0 bridgehead atoms. The van der Waals surface area contributed by atoms with Crippen molar-refractivity contribution in [2.45, 2.75) is 79.8 Å². The highest BCUT2D eigenvalue weighted by Crippen LogP contribution is 2.74. The Bertz CT molecular complexity index is 754. The van der Waals surface area contributed by atoms with Crippen molar-refractivity contribution >= 4 is 5.78 Å². The fraction of sp³-hybridized carbons (Fsp3) is 0.792. The van der Waals surface area contributed by atoms with Gasteiger partial charge in [-0.25, -0.2) is 0 Å². The molecule has 1 aliphatic heterocycles. The topological polar surface area (TPSA) is 35.5 Å². The van der Waals surface area contributed by atoms with Crippen LogP contribution in [0.5, 0.6) is 0 Å². The van der Waals surface area contributed by atoms with Gasteiger partial charge in [-0.1, -0.05) is 27.7 Å². The monoisotopic (exact) mass is 372 g/mol. The maximum Gasteiger partial charge on any atom is 0.175 e. The van der Waals surface area contributed by atoms with Gasteiger partial charge in [0, 0.05) is 17.1 Å². The number of hydrogen-bond donors (Lipinski definition) is 0. The second-order valence-electron chi connectivity index (χ2n) is 10.7. The molecule has 0 amide bonds. The normalized spacial score (nSPS) is 39.9. The zero-order valence-corrected chi connectivity index (χ0v) is 18.4. The molecule has 3 aliphatic carbocycles. The molecule has 2 saturated carbocycles. The van der Waals surface area contributed by atoms with Crippen molar-refractivity contribution in [1.29, 1.82) is 0 Å².